The molecule has 2 heterocycles. The van der Waals surface area contributed by atoms with Crippen LogP contribution in [0.25, 0.3) is 0 Å². The molecule has 0 aliphatic carbocycles. The maximum absolute atomic E-state index is 13.7. The number of thiophene rings is 1. The zero-order valence-electron chi connectivity index (χ0n) is 22.5. The average molecular weight is 641 g/mol. The molecule has 2 atom stereocenters. The van der Waals surface area contributed by atoms with E-state index in [1.165, 1.54) is 11.3 Å². The lowest BCUT2D eigenvalue weighted by Gasteiger charge is -2.25. The van der Waals surface area contributed by atoms with Crippen molar-refractivity contribution in [2.45, 2.75) is 37.9 Å². The van der Waals surface area contributed by atoms with Gasteiger partial charge in [-0.3, -0.25) is 14.7 Å². The largest absolute Gasteiger partial charge is 0.480 e. The summed E-state index contributed by atoms with van der Waals surface area (Å²) in [4.78, 5) is 32.9. The number of carbonyl (C=O) groups excluding carboxylic acids is 1. The van der Waals surface area contributed by atoms with Crippen LogP contribution in [-0.4, -0.2) is 46.2 Å². The van der Waals surface area contributed by atoms with E-state index in [9.17, 15) is 14.7 Å². The number of nitrogens with zero attached hydrogens (tertiary/aromatic N) is 2. The van der Waals surface area contributed by atoms with Gasteiger partial charge >= 0.3 is 5.97 Å². The highest BCUT2D eigenvalue weighted by atomic mass is 35.5. The first-order chi connectivity index (χ1) is 20.3. The summed E-state index contributed by atoms with van der Waals surface area (Å²) >= 11 is 20.3. The van der Waals surface area contributed by atoms with Crippen molar-refractivity contribution >= 4 is 69.4 Å². The number of carboxylic acids is 1. The van der Waals surface area contributed by atoms with Gasteiger partial charge in [-0.1, -0.05) is 71.2 Å². The zero-order valence-corrected chi connectivity index (χ0v) is 25.6. The van der Waals surface area contributed by atoms with Gasteiger partial charge in [0.25, 0.3) is 0 Å². The molecule has 6 nitrogen and oxygen atoms in total. The summed E-state index contributed by atoms with van der Waals surface area (Å²) in [6, 6.07) is 20.5. The molecule has 0 spiro atoms. The number of nitrogens with one attached hydrogen (secondary N) is 1. The van der Waals surface area contributed by atoms with Gasteiger partial charge in [-0.15, -0.1) is 0 Å². The van der Waals surface area contributed by atoms with E-state index >= 15 is 0 Å². The summed E-state index contributed by atoms with van der Waals surface area (Å²) in [5.41, 5.74) is 4.08. The van der Waals surface area contributed by atoms with Crippen molar-refractivity contribution in [1.82, 2.24) is 4.90 Å². The van der Waals surface area contributed by atoms with E-state index in [-0.39, 0.29) is 18.4 Å². The van der Waals surface area contributed by atoms with Gasteiger partial charge in [0.15, 0.2) is 6.04 Å². The van der Waals surface area contributed by atoms with Crippen molar-refractivity contribution in [3.05, 3.63) is 121 Å². The third kappa shape index (κ3) is 7.41. The highest BCUT2D eigenvalue weighted by Crippen LogP contribution is 2.29. The Morgan fingerprint density at radius 2 is 1.81 bits per heavy atom. The first-order valence-electron chi connectivity index (χ1n) is 13.4. The maximum Gasteiger partial charge on any atom is 0.328 e. The highest BCUT2D eigenvalue weighted by molar-refractivity contribution is 7.07. The number of hydrogen-bond acceptors (Lipinski definition) is 5. The molecule has 0 unspecified atom stereocenters. The van der Waals surface area contributed by atoms with Crippen LogP contribution in [0.5, 0.6) is 0 Å². The summed E-state index contributed by atoms with van der Waals surface area (Å²) in [6.07, 6.45) is 1.83. The number of likely N-dealkylation sites (tertiary alicyclic amines) is 1. The van der Waals surface area contributed by atoms with Crippen LogP contribution in [0.4, 0.5) is 5.69 Å². The molecule has 4 aromatic rings. The van der Waals surface area contributed by atoms with Gasteiger partial charge in [0, 0.05) is 29.1 Å². The van der Waals surface area contributed by atoms with Crippen LogP contribution < -0.4 is 5.32 Å². The molecule has 1 saturated heterocycles. The first kappa shape index (κ1) is 30.3. The molecule has 3 aromatic carbocycles. The number of hydrogen-bond donors (Lipinski definition) is 2. The van der Waals surface area contributed by atoms with Crippen molar-refractivity contribution in [3.63, 3.8) is 0 Å². The predicted molar refractivity (Wildman–Crippen MR) is 172 cm³/mol. The van der Waals surface area contributed by atoms with Crippen LogP contribution in [0.3, 0.4) is 0 Å². The highest BCUT2D eigenvalue weighted by Gasteiger charge is 2.31. The number of aliphatic imine (C=N–C) groups is 1. The Morgan fingerprint density at radius 3 is 2.52 bits per heavy atom. The number of halogens is 3. The molecule has 2 N–H and O–H groups in total. The van der Waals surface area contributed by atoms with E-state index in [4.69, 9.17) is 39.8 Å². The van der Waals surface area contributed by atoms with Gasteiger partial charge < -0.3 is 10.4 Å². The Bertz CT molecular complexity index is 1600. The molecule has 1 fully saturated rings. The molecule has 5 rings (SSSR count). The smallest absolute Gasteiger partial charge is 0.328 e. The summed E-state index contributed by atoms with van der Waals surface area (Å²) in [7, 11) is 0. The van der Waals surface area contributed by atoms with Gasteiger partial charge in [-0.25, -0.2) is 4.79 Å². The number of rotatable bonds is 10. The summed E-state index contributed by atoms with van der Waals surface area (Å²) in [5.74, 6) is -1.19. The number of amides is 1. The zero-order chi connectivity index (χ0) is 29.6. The molecule has 0 bridgehead atoms. The predicted octanol–water partition coefficient (Wildman–Crippen LogP) is 7.84. The van der Waals surface area contributed by atoms with E-state index in [1.54, 1.807) is 24.3 Å². The Kier molecular flexibility index (Phi) is 9.98. The van der Waals surface area contributed by atoms with Crippen molar-refractivity contribution in [1.29, 1.82) is 0 Å². The lowest BCUT2D eigenvalue weighted by molar-refractivity contribution is -0.138. The second kappa shape index (κ2) is 13.8. The van der Waals surface area contributed by atoms with Crippen molar-refractivity contribution in [2.24, 2.45) is 4.99 Å². The quantitative estimate of drug-likeness (QED) is 0.173. The molecule has 0 saturated carbocycles. The van der Waals surface area contributed by atoms with Gasteiger partial charge in [0.05, 0.1) is 27.5 Å². The molecular weight excluding hydrogens is 613 g/mol. The second-order valence-electron chi connectivity index (χ2n) is 10.1. The standard InChI is InChI=1S/C32H28Cl3N3O3S/c33-23-9-11-27(37-31(39)29-7-4-13-38(29)18-20-8-10-25(34)26(35)15-20)24(17-23)30(22-5-2-1-3-6-22)36-28(32(40)41)16-21-12-14-42-19-21/h1-3,5-6,8-12,14-15,17,19,28-29H,4,7,13,16,18H2,(H,37,39)(H,40,41)/t28-,29-/m0/s1. The number of carbonyl (C=O) groups is 2. The van der Waals surface area contributed by atoms with Crippen molar-refractivity contribution < 1.29 is 14.7 Å². The Balaban J connectivity index is 1.46. The molecule has 216 valence electrons. The van der Waals surface area contributed by atoms with Gasteiger partial charge in [0.2, 0.25) is 5.91 Å². The first-order valence-corrected chi connectivity index (χ1v) is 15.5. The van der Waals surface area contributed by atoms with E-state index in [0.717, 1.165) is 24.1 Å². The molecule has 1 amide bonds. The van der Waals surface area contributed by atoms with Gasteiger partial charge in [-0.05, 0) is 77.7 Å². The fraction of sp³-hybridized carbons (Fsp3) is 0.219. The Hall–Kier alpha value is -3.20. The minimum Gasteiger partial charge on any atom is -0.480 e. The molecule has 10 heteroatoms. The Labute approximate surface area is 263 Å². The van der Waals surface area contributed by atoms with E-state index in [0.29, 0.717) is 50.6 Å². The third-order valence-corrected chi connectivity index (χ3v) is 8.86. The molecule has 1 aliphatic rings. The number of aliphatic carboxylic acids is 1. The normalized spacial score (nSPS) is 16.4. The number of carboxylic acid groups (broad SMARTS) is 1. The lowest BCUT2D eigenvalue weighted by Crippen LogP contribution is -2.39. The maximum atomic E-state index is 13.7. The molecule has 1 aromatic heterocycles. The van der Waals surface area contributed by atoms with Crippen molar-refractivity contribution in [2.75, 3.05) is 11.9 Å². The fourth-order valence-corrected chi connectivity index (χ4v) is 6.27. The van der Waals surface area contributed by atoms with Gasteiger partial charge in [-0.2, -0.15) is 11.3 Å². The summed E-state index contributed by atoms with van der Waals surface area (Å²) in [5, 5.41) is 18.4. The molecular formula is C32H28Cl3N3O3S. The van der Waals surface area contributed by atoms with E-state index in [1.807, 2.05) is 59.3 Å². The number of anilines is 1. The van der Waals surface area contributed by atoms with Crippen LogP contribution in [0, 0.1) is 0 Å². The van der Waals surface area contributed by atoms with Crippen LogP contribution in [0.2, 0.25) is 15.1 Å². The molecule has 42 heavy (non-hydrogen) atoms. The van der Waals surface area contributed by atoms with E-state index < -0.39 is 12.0 Å². The average Bonchev–Trinajstić information content (AvgIpc) is 3.67. The molecule has 0 radical (unpaired) electrons. The lowest BCUT2D eigenvalue weighted by atomic mass is 9.99. The molecule has 1 aliphatic heterocycles. The fourth-order valence-electron chi connectivity index (χ4n) is 5.09. The summed E-state index contributed by atoms with van der Waals surface area (Å²) < 4.78 is 0. The monoisotopic (exact) mass is 639 g/mol. The van der Waals surface area contributed by atoms with Crippen LogP contribution >= 0.6 is 46.1 Å². The summed E-state index contributed by atoms with van der Waals surface area (Å²) in [6.45, 7) is 1.33. The third-order valence-electron chi connectivity index (χ3n) is 7.16. The second-order valence-corrected chi connectivity index (χ2v) is 12.1. The Morgan fingerprint density at radius 1 is 1.00 bits per heavy atom. The van der Waals surface area contributed by atoms with Crippen molar-refractivity contribution in [3.8, 4) is 0 Å². The SMILES string of the molecule is O=C(O)[C@H](Cc1ccsc1)N=C(c1ccccc1)c1cc(Cl)ccc1NC(=O)[C@@H]1CCCN1Cc1ccc(Cl)c(Cl)c1. The van der Waals surface area contributed by atoms with Crippen LogP contribution in [0.1, 0.15) is 35.1 Å². The van der Waals surface area contributed by atoms with Gasteiger partial charge in [0.1, 0.15) is 0 Å². The minimum atomic E-state index is -1.04. The van der Waals surface area contributed by atoms with Crippen LogP contribution in [-0.2, 0) is 22.6 Å². The van der Waals surface area contributed by atoms with E-state index in [2.05, 4.69) is 10.2 Å². The number of benzene rings is 3. The van der Waals surface area contributed by atoms with Crippen LogP contribution in [0.15, 0.2) is 88.5 Å². The topological polar surface area (TPSA) is 82.0 Å². The minimum absolute atomic E-state index is 0.156.